The Labute approximate surface area is 122 Å². The van der Waals surface area contributed by atoms with Crippen LogP contribution in [0.4, 0.5) is 0 Å². The van der Waals surface area contributed by atoms with Crippen LogP contribution in [0.5, 0.6) is 0 Å². The fraction of sp³-hybridized carbons (Fsp3) is 0.500. The Morgan fingerprint density at radius 3 is 2.42 bits per heavy atom. The van der Waals surface area contributed by atoms with Gasteiger partial charge in [-0.15, -0.1) is 0 Å². The van der Waals surface area contributed by atoms with Crippen molar-refractivity contribution in [3.8, 4) is 0 Å². The van der Waals surface area contributed by atoms with E-state index in [2.05, 4.69) is 5.32 Å². The highest BCUT2D eigenvalue weighted by atomic mass is 35.5. The average molecular weight is 302 g/mol. The molecule has 1 amide bonds. The van der Waals surface area contributed by atoms with Gasteiger partial charge in [-0.25, -0.2) is 0 Å². The molecule has 1 aliphatic carbocycles. The van der Waals surface area contributed by atoms with Crippen LogP contribution in [0, 0.1) is 0 Å². The first-order valence-corrected chi connectivity index (χ1v) is 7.18. The molecule has 0 radical (unpaired) electrons. The second kappa shape index (κ2) is 6.12. The topological polar surface area (TPSA) is 49.3 Å². The largest absolute Gasteiger partial charge is 0.388 e. The number of hydrogen-bond acceptors (Lipinski definition) is 2. The predicted molar refractivity (Wildman–Crippen MR) is 76.6 cm³/mol. The first-order chi connectivity index (χ1) is 9.00. The molecule has 104 valence electrons. The monoisotopic (exact) mass is 301 g/mol. The third-order valence-electron chi connectivity index (χ3n) is 3.55. The predicted octanol–water partition coefficient (Wildman–Crippen LogP) is 2.96. The van der Waals surface area contributed by atoms with Gasteiger partial charge in [0.05, 0.1) is 12.0 Å². The fourth-order valence-electron chi connectivity index (χ4n) is 2.40. The summed E-state index contributed by atoms with van der Waals surface area (Å²) in [7, 11) is 0. The average Bonchev–Trinajstić information content (AvgIpc) is 2.79. The number of aliphatic hydroxyl groups is 1. The standard InChI is InChI=1S/C14H17Cl2NO2/c15-11-4-3-5-12(16)10(11)8-13(18)17-9-14(19)6-1-2-7-14/h3-5,19H,1-2,6-9H2,(H,17,18). The number of carbonyl (C=O) groups is 1. The van der Waals surface area contributed by atoms with Crippen molar-refractivity contribution in [2.45, 2.75) is 37.7 Å². The first kappa shape index (κ1) is 14.6. The van der Waals surface area contributed by atoms with E-state index in [0.717, 1.165) is 25.7 Å². The summed E-state index contributed by atoms with van der Waals surface area (Å²) in [5.41, 5.74) is -0.110. The smallest absolute Gasteiger partial charge is 0.224 e. The van der Waals surface area contributed by atoms with Gasteiger partial charge in [-0.3, -0.25) is 4.79 Å². The van der Waals surface area contributed by atoms with E-state index in [1.54, 1.807) is 18.2 Å². The summed E-state index contributed by atoms with van der Waals surface area (Å²) in [5, 5.41) is 13.9. The summed E-state index contributed by atoms with van der Waals surface area (Å²) in [6.07, 6.45) is 3.67. The van der Waals surface area contributed by atoms with Gasteiger partial charge in [-0.2, -0.15) is 0 Å². The molecule has 3 nitrogen and oxygen atoms in total. The number of benzene rings is 1. The Kier molecular flexibility index (Phi) is 4.71. The Morgan fingerprint density at radius 2 is 1.84 bits per heavy atom. The number of carbonyl (C=O) groups excluding carboxylic acids is 1. The van der Waals surface area contributed by atoms with Crippen LogP contribution in [0.1, 0.15) is 31.2 Å². The number of amides is 1. The fourth-order valence-corrected chi connectivity index (χ4v) is 2.93. The third kappa shape index (κ3) is 3.85. The van der Waals surface area contributed by atoms with Gasteiger partial charge in [0.2, 0.25) is 5.91 Å². The summed E-state index contributed by atoms with van der Waals surface area (Å²) >= 11 is 12.0. The maximum Gasteiger partial charge on any atom is 0.224 e. The molecule has 2 N–H and O–H groups in total. The molecule has 2 rings (SSSR count). The summed E-state index contributed by atoms with van der Waals surface area (Å²) in [6.45, 7) is 0.300. The van der Waals surface area contributed by atoms with Crippen LogP contribution >= 0.6 is 23.2 Å². The van der Waals surface area contributed by atoms with E-state index >= 15 is 0 Å². The second-order valence-electron chi connectivity index (χ2n) is 5.09. The van der Waals surface area contributed by atoms with Crippen LogP contribution in [0.2, 0.25) is 10.0 Å². The molecular weight excluding hydrogens is 285 g/mol. The van der Waals surface area contributed by atoms with Crippen LogP contribution in [0.25, 0.3) is 0 Å². The zero-order chi connectivity index (χ0) is 13.9. The Bertz CT molecular complexity index is 450. The molecule has 1 fully saturated rings. The normalized spacial score (nSPS) is 17.4. The minimum absolute atomic E-state index is 0.134. The molecule has 0 heterocycles. The summed E-state index contributed by atoms with van der Waals surface area (Å²) in [5.74, 6) is -0.171. The van der Waals surface area contributed by atoms with Crippen molar-refractivity contribution >= 4 is 29.1 Å². The van der Waals surface area contributed by atoms with Crippen molar-refractivity contribution in [3.05, 3.63) is 33.8 Å². The molecule has 19 heavy (non-hydrogen) atoms. The van der Waals surface area contributed by atoms with E-state index in [4.69, 9.17) is 23.2 Å². The lowest BCUT2D eigenvalue weighted by Gasteiger charge is -2.22. The van der Waals surface area contributed by atoms with E-state index in [0.29, 0.717) is 22.2 Å². The van der Waals surface area contributed by atoms with E-state index in [-0.39, 0.29) is 12.3 Å². The van der Waals surface area contributed by atoms with Crippen molar-refractivity contribution < 1.29 is 9.90 Å². The van der Waals surface area contributed by atoms with E-state index < -0.39 is 5.60 Å². The first-order valence-electron chi connectivity index (χ1n) is 6.42. The highest BCUT2D eigenvalue weighted by Gasteiger charge is 2.31. The Hall–Kier alpha value is -0.770. The SMILES string of the molecule is O=C(Cc1c(Cl)cccc1Cl)NCC1(O)CCCC1. The van der Waals surface area contributed by atoms with Crippen molar-refractivity contribution in [2.24, 2.45) is 0 Å². The Balaban J connectivity index is 1.91. The van der Waals surface area contributed by atoms with Crippen LogP contribution < -0.4 is 5.32 Å². The highest BCUT2D eigenvalue weighted by molar-refractivity contribution is 6.36. The maximum absolute atomic E-state index is 11.9. The molecule has 0 aliphatic heterocycles. The number of halogens is 2. The second-order valence-corrected chi connectivity index (χ2v) is 5.90. The molecule has 5 heteroatoms. The Morgan fingerprint density at radius 1 is 1.26 bits per heavy atom. The number of hydrogen-bond donors (Lipinski definition) is 2. The summed E-state index contributed by atoms with van der Waals surface area (Å²) < 4.78 is 0. The van der Waals surface area contributed by atoms with Gasteiger partial charge < -0.3 is 10.4 Å². The lowest BCUT2D eigenvalue weighted by atomic mass is 10.0. The molecule has 0 unspecified atom stereocenters. The van der Waals surface area contributed by atoms with Crippen LogP contribution in [-0.2, 0) is 11.2 Å². The lowest BCUT2D eigenvalue weighted by Crippen LogP contribution is -2.41. The molecule has 1 aromatic carbocycles. The van der Waals surface area contributed by atoms with Crippen molar-refractivity contribution in [1.82, 2.24) is 5.32 Å². The summed E-state index contributed by atoms with van der Waals surface area (Å²) in [4.78, 5) is 11.9. The minimum Gasteiger partial charge on any atom is -0.388 e. The van der Waals surface area contributed by atoms with Gasteiger partial charge in [0, 0.05) is 16.6 Å². The molecule has 0 spiro atoms. The number of nitrogens with one attached hydrogen (secondary N) is 1. The van der Waals surface area contributed by atoms with E-state index in [1.165, 1.54) is 0 Å². The zero-order valence-corrected chi connectivity index (χ0v) is 12.1. The van der Waals surface area contributed by atoms with Gasteiger partial charge >= 0.3 is 0 Å². The van der Waals surface area contributed by atoms with Crippen molar-refractivity contribution in [1.29, 1.82) is 0 Å². The lowest BCUT2D eigenvalue weighted by molar-refractivity contribution is -0.121. The maximum atomic E-state index is 11.9. The molecule has 1 aliphatic rings. The van der Waals surface area contributed by atoms with Crippen molar-refractivity contribution in [2.75, 3.05) is 6.54 Å². The molecule has 0 saturated heterocycles. The molecule has 0 atom stereocenters. The highest BCUT2D eigenvalue weighted by Crippen LogP contribution is 2.29. The third-order valence-corrected chi connectivity index (χ3v) is 4.26. The number of rotatable bonds is 4. The quantitative estimate of drug-likeness (QED) is 0.898. The molecular formula is C14H17Cl2NO2. The molecule has 0 bridgehead atoms. The van der Waals surface area contributed by atoms with Crippen LogP contribution in [-0.4, -0.2) is 23.2 Å². The van der Waals surface area contributed by atoms with E-state index in [1.807, 2.05) is 0 Å². The van der Waals surface area contributed by atoms with Gasteiger partial charge in [0.25, 0.3) is 0 Å². The minimum atomic E-state index is -0.736. The van der Waals surface area contributed by atoms with Crippen LogP contribution in [0.15, 0.2) is 18.2 Å². The molecule has 1 saturated carbocycles. The molecule has 1 aromatic rings. The summed E-state index contributed by atoms with van der Waals surface area (Å²) in [6, 6.07) is 5.16. The van der Waals surface area contributed by atoms with Gasteiger partial charge in [0.1, 0.15) is 0 Å². The zero-order valence-electron chi connectivity index (χ0n) is 10.6. The van der Waals surface area contributed by atoms with Gasteiger partial charge in [-0.05, 0) is 30.5 Å². The van der Waals surface area contributed by atoms with E-state index in [9.17, 15) is 9.90 Å². The van der Waals surface area contributed by atoms with Gasteiger partial charge in [-0.1, -0.05) is 42.1 Å². The van der Waals surface area contributed by atoms with Gasteiger partial charge in [0.15, 0.2) is 0 Å². The van der Waals surface area contributed by atoms with Crippen LogP contribution in [0.3, 0.4) is 0 Å². The molecule has 0 aromatic heterocycles. The van der Waals surface area contributed by atoms with Crippen molar-refractivity contribution in [3.63, 3.8) is 0 Å².